The van der Waals surface area contributed by atoms with E-state index in [1.165, 1.54) is 6.42 Å². The van der Waals surface area contributed by atoms with E-state index in [9.17, 15) is 5.11 Å². The summed E-state index contributed by atoms with van der Waals surface area (Å²) in [7, 11) is 1.65. The van der Waals surface area contributed by atoms with Crippen LogP contribution in [0.25, 0.3) is 0 Å². The average molecular weight is 186 g/mol. The molecule has 1 aliphatic rings. The Morgan fingerprint density at radius 1 is 1.31 bits per heavy atom. The van der Waals surface area contributed by atoms with Crippen LogP contribution in [0.15, 0.2) is 0 Å². The minimum atomic E-state index is -0.250. The first kappa shape index (κ1) is 11.0. The van der Waals surface area contributed by atoms with Crippen LogP contribution in [-0.4, -0.2) is 24.9 Å². The largest absolute Gasteiger partial charge is 0.390 e. The Bertz CT molecular complexity index is 147. The summed E-state index contributed by atoms with van der Waals surface area (Å²) in [5.74, 6) is 2.04. The van der Waals surface area contributed by atoms with Crippen LogP contribution in [0.3, 0.4) is 0 Å². The van der Waals surface area contributed by atoms with Gasteiger partial charge in [-0.3, -0.25) is 0 Å². The molecule has 0 aromatic carbocycles. The van der Waals surface area contributed by atoms with Crippen LogP contribution in [0.4, 0.5) is 0 Å². The van der Waals surface area contributed by atoms with Crippen molar-refractivity contribution in [2.24, 2.45) is 17.8 Å². The molecule has 1 saturated carbocycles. The van der Waals surface area contributed by atoms with E-state index < -0.39 is 0 Å². The van der Waals surface area contributed by atoms with Crippen molar-refractivity contribution in [1.29, 1.82) is 0 Å². The summed E-state index contributed by atoms with van der Waals surface area (Å²) in [4.78, 5) is 0. The average Bonchev–Trinajstić information content (AvgIpc) is 2.10. The quantitative estimate of drug-likeness (QED) is 0.731. The van der Waals surface area contributed by atoms with Crippen molar-refractivity contribution in [2.45, 2.75) is 39.2 Å². The van der Waals surface area contributed by atoms with Crippen molar-refractivity contribution in [2.75, 3.05) is 13.7 Å². The second kappa shape index (κ2) is 4.97. The molecule has 4 atom stereocenters. The highest BCUT2D eigenvalue weighted by Gasteiger charge is 2.28. The molecule has 1 aliphatic carbocycles. The SMILES string of the molecule is COCC(O)C1CCC(C)C(C)C1. The Kier molecular flexibility index (Phi) is 4.20. The van der Waals surface area contributed by atoms with Gasteiger partial charge in [-0.15, -0.1) is 0 Å². The normalized spacial score (nSPS) is 37.4. The van der Waals surface area contributed by atoms with E-state index in [1.807, 2.05) is 0 Å². The van der Waals surface area contributed by atoms with Gasteiger partial charge in [0, 0.05) is 7.11 Å². The highest BCUT2D eigenvalue weighted by molar-refractivity contribution is 4.79. The van der Waals surface area contributed by atoms with E-state index in [4.69, 9.17) is 4.74 Å². The lowest BCUT2D eigenvalue weighted by Gasteiger charge is -2.34. The molecule has 0 amide bonds. The number of hydrogen-bond acceptors (Lipinski definition) is 2. The van der Waals surface area contributed by atoms with Crippen LogP contribution in [-0.2, 0) is 4.74 Å². The Hall–Kier alpha value is -0.0800. The third-order valence-corrected chi connectivity index (χ3v) is 3.52. The number of rotatable bonds is 3. The van der Waals surface area contributed by atoms with Crippen molar-refractivity contribution in [3.63, 3.8) is 0 Å². The molecule has 4 unspecified atom stereocenters. The number of aliphatic hydroxyl groups excluding tert-OH is 1. The Labute approximate surface area is 81.3 Å². The van der Waals surface area contributed by atoms with Crippen molar-refractivity contribution in [3.8, 4) is 0 Å². The minimum Gasteiger partial charge on any atom is -0.390 e. The van der Waals surface area contributed by atoms with E-state index in [-0.39, 0.29) is 6.10 Å². The third kappa shape index (κ3) is 2.96. The van der Waals surface area contributed by atoms with Gasteiger partial charge in [-0.2, -0.15) is 0 Å². The smallest absolute Gasteiger partial charge is 0.0801 e. The van der Waals surface area contributed by atoms with Crippen molar-refractivity contribution >= 4 is 0 Å². The summed E-state index contributed by atoms with van der Waals surface area (Å²) >= 11 is 0. The number of ether oxygens (including phenoxy) is 1. The fourth-order valence-electron chi connectivity index (χ4n) is 2.25. The molecule has 0 aromatic heterocycles. The molecule has 0 heterocycles. The van der Waals surface area contributed by atoms with Gasteiger partial charge in [-0.05, 0) is 30.6 Å². The summed E-state index contributed by atoms with van der Waals surface area (Å²) in [5, 5.41) is 9.75. The molecule has 0 spiro atoms. The second-order valence-electron chi connectivity index (χ2n) is 4.55. The summed E-state index contributed by atoms with van der Waals surface area (Å²) in [5.41, 5.74) is 0. The summed E-state index contributed by atoms with van der Waals surface area (Å²) in [6.45, 7) is 5.09. The topological polar surface area (TPSA) is 29.5 Å². The van der Waals surface area contributed by atoms with Gasteiger partial charge in [0.2, 0.25) is 0 Å². The molecule has 13 heavy (non-hydrogen) atoms. The zero-order chi connectivity index (χ0) is 9.84. The Morgan fingerprint density at radius 3 is 2.54 bits per heavy atom. The molecule has 0 aromatic rings. The number of methoxy groups -OCH3 is 1. The van der Waals surface area contributed by atoms with Crippen LogP contribution in [0.5, 0.6) is 0 Å². The highest BCUT2D eigenvalue weighted by Crippen LogP contribution is 2.34. The standard InChI is InChI=1S/C11H22O2/c1-8-4-5-10(6-9(8)2)11(12)7-13-3/h8-12H,4-7H2,1-3H3. The van der Waals surface area contributed by atoms with E-state index in [2.05, 4.69) is 13.8 Å². The molecule has 1 fully saturated rings. The third-order valence-electron chi connectivity index (χ3n) is 3.52. The molecule has 1 N–H and O–H groups in total. The monoisotopic (exact) mass is 186 g/mol. The summed E-state index contributed by atoms with van der Waals surface area (Å²) in [6, 6.07) is 0. The van der Waals surface area contributed by atoms with Gasteiger partial charge >= 0.3 is 0 Å². The molecular formula is C11H22O2. The molecule has 2 heteroatoms. The van der Waals surface area contributed by atoms with E-state index in [1.54, 1.807) is 7.11 Å². The van der Waals surface area contributed by atoms with Crippen molar-refractivity contribution in [3.05, 3.63) is 0 Å². The first-order valence-electron chi connectivity index (χ1n) is 5.32. The number of aliphatic hydroxyl groups is 1. The zero-order valence-corrected chi connectivity index (χ0v) is 8.99. The van der Waals surface area contributed by atoms with E-state index >= 15 is 0 Å². The minimum absolute atomic E-state index is 0.250. The lowest BCUT2D eigenvalue weighted by Crippen LogP contribution is -2.32. The first-order chi connectivity index (χ1) is 6.15. The summed E-state index contributed by atoms with van der Waals surface area (Å²) in [6.07, 6.45) is 3.33. The van der Waals surface area contributed by atoms with Gasteiger partial charge < -0.3 is 9.84 Å². The maximum absolute atomic E-state index is 9.75. The van der Waals surface area contributed by atoms with E-state index in [0.29, 0.717) is 12.5 Å². The molecule has 0 bridgehead atoms. The molecule has 0 aliphatic heterocycles. The second-order valence-corrected chi connectivity index (χ2v) is 4.55. The first-order valence-corrected chi connectivity index (χ1v) is 5.32. The van der Waals surface area contributed by atoms with Gasteiger partial charge in [0.25, 0.3) is 0 Å². The van der Waals surface area contributed by atoms with Crippen LogP contribution in [0.2, 0.25) is 0 Å². The molecule has 1 rings (SSSR count). The fourth-order valence-corrected chi connectivity index (χ4v) is 2.25. The maximum atomic E-state index is 9.75. The number of hydrogen-bond donors (Lipinski definition) is 1. The fraction of sp³-hybridized carbons (Fsp3) is 1.00. The molecule has 0 saturated heterocycles. The molecule has 2 nitrogen and oxygen atoms in total. The predicted octanol–water partition coefficient (Wildman–Crippen LogP) is 2.07. The highest BCUT2D eigenvalue weighted by atomic mass is 16.5. The van der Waals surface area contributed by atoms with E-state index in [0.717, 1.165) is 24.7 Å². The Balaban J connectivity index is 2.36. The zero-order valence-electron chi connectivity index (χ0n) is 8.99. The van der Waals surface area contributed by atoms with Gasteiger partial charge in [0.05, 0.1) is 12.7 Å². The van der Waals surface area contributed by atoms with Crippen molar-refractivity contribution < 1.29 is 9.84 Å². The van der Waals surface area contributed by atoms with Crippen LogP contribution < -0.4 is 0 Å². The van der Waals surface area contributed by atoms with Gasteiger partial charge in [0.1, 0.15) is 0 Å². The molecule has 0 radical (unpaired) electrons. The lowest BCUT2D eigenvalue weighted by atomic mass is 9.74. The van der Waals surface area contributed by atoms with Crippen LogP contribution >= 0.6 is 0 Å². The van der Waals surface area contributed by atoms with Crippen LogP contribution in [0.1, 0.15) is 33.1 Å². The van der Waals surface area contributed by atoms with Gasteiger partial charge in [0.15, 0.2) is 0 Å². The predicted molar refractivity (Wildman–Crippen MR) is 53.6 cm³/mol. The maximum Gasteiger partial charge on any atom is 0.0801 e. The lowest BCUT2D eigenvalue weighted by molar-refractivity contribution is -0.000357. The summed E-state index contributed by atoms with van der Waals surface area (Å²) < 4.78 is 4.97. The Morgan fingerprint density at radius 2 is 2.00 bits per heavy atom. The van der Waals surface area contributed by atoms with Gasteiger partial charge in [-0.25, -0.2) is 0 Å². The molecular weight excluding hydrogens is 164 g/mol. The van der Waals surface area contributed by atoms with Crippen LogP contribution in [0, 0.1) is 17.8 Å². The van der Waals surface area contributed by atoms with Crippen molar-refractivity contribution in [1.82, 2.24) is 0 Å². The molecule has 78 valence electrons. The van der Waals surface area contributed by atoms with Gasteiger partial charge in [-0.1, -0.05) is 20.3 Å².